The molecule has 0 aromatic rings. The van der Waals surface area contributed by atoms with Crippen molar-refractivity contribution in [2.45, 2.75) is 25.9 Å². The van der Waals surface area contributed by atoms with E-state index in [4.69, 9.17) is 4.74 Å². The Hall–Kier alpha value is -0.370. The molecule has 1 saturated heterocycles. The van der Waals surface area contributed by atoms with Crippen LogP contribution in [-0.4, -0.2) is 25.0 Å². The zero-order chi connectivity index (χ0) is 6.97. The van der Waals surface area contributed by atoms with Crippen LogP contribution in [0.5, 0.6) is 0 Å². The van der Waals surface area contributed by atoms with E-state index in [0.29, 0.717) is 6.10 Å². The zero-order valence-corrected chi connectivity index (χ0v) is 6.34. The van der Waals surface area contributed by atoms with Gasteiger partial charge >= 0.3 is 0 Å². The van der Waals surface area contributed by atoms with Crippen molar-refractivity contribution in [1.29, 1.82) is 0 Å². The lowest BCUT2D eigenvalue weighted by atomic mass is 9.93. The maximum Gasteiger partial charge on any atom is 0.0802 e. The van der Waals surface area contributed by atoms with Crippen LogP contribution in [0.2, 0.25) is 0 Å². The van der Waals surface area contributed by atoms with Crippen molar-refractivity contribution in [3.63, 3.8) is 0 Å². The molecule has 0 radical (unpaired) electrons. The minimum Gasteiger partial charge on any atom is -0.376 e. The monoisotopic (exact) mass is 139 g/mol. The highest BCUT2D eigenvalue weighted by molar-refractivity contribution is 5.82. The molecule has 2 atom stereocenters. The number of hydrogen-bond acceptors (Lipinski definition) is 2. The molecule has 0 spiro atoms. The fourth-order valence-corrected chi connectivity index (χ4v) is 1.82. The summed E-state index contributed by atoms with van der Waals surface area (Å²) >= 11 is 0. The third-order valence-electron chi connectivity index (χ3n) is 2.45. The zero-order valence-electron chi connectivity index (χ0n) is 6.34. The van der Waals surface area contributed by atoms with Gasteiger partial charge in [-0.25, -0.2) is 0 Å². The number of fused-ring (bicyclic) bond motifs is 1. The van der Waals surface area contributed by atoms with Gasteiger partial charge in [0.25, 0.3) is 0 Å². The van der Waals surface area contributed by atoms with Crippen LogP contribution in [0.1, 0.15) is 19.8 Å². The van der Waals surface area contributed by atoms with Gasteiger partial charge in [0.15, 0.2) is 0 Å². The van der Waals surface area contributed by atoms with E-state index in [-0.39, 0.29) is 0 Å². The summed E-state index contributed by atoms with van der Waals surface area (Å²) in [6, 6.07) is 0. The molecule has 1 fully saturated rings. The SMILES string of the molecule is CC1=NCC2OCCC2C1. The van der Waals surface area contributed by atoms with Gasteiger partial charge in [-0.1, -0.05) is 0 Å². The van der Waals surface area contributed by atoms with Crippen molar-refractivity contribution in [1.82, 2.24) is 0 Å². The lowest BCUT2D eigenvalue weighted by molar-refractivity contribution is 0.0959. The average Bonchev–Trinajstić information content (AvgIpc) is 2.33. The third kappa shape index (κ3) is 0.966. The van der Waals surface area contributed by atoms with Gasteiger partial charge < -0.3 is 4.74 Å². The molecule has 0 aromatic heterocycles. The first-order valence-electron chi connectivity index (χ1n) is 3.98. The van der Waals surface area contributed by atoms with E-state index in [9.17, 15) is 0 Å². The molecule has 2 unspecified atom stereocenters. The maximum atomic E-state index is 5.50. The molecule has 2 aliphatic rings. The molecule has 2 heteroatoms. The van der Waals surface area contributed by atoms with Crippen molar-refractivity contribution in [3.05, 3.63) is 0 Å². The van der Waals surface area contributed by atoms with Crippen molar-refractivity contribution in [2.75, 3.05) is 13.2 Å². The third-order valence-corrected chi connectivity index (χ3v) is 2.45. The first kappa shape index (κ1) is 6.35. The molecule has 56 valence electrons. The quantitative estimate of drug-likeness (QED) is 0.495. The van der Waals surface area contributed by atoms with E-state index >= 15 is 0 Å². The van der Waals surface area contributed by atoms with Gasteiger partial charge in [0.05, 0.1) is 12.6 Å². The second kappa shape index (κ2) is 2.35. The van der Waals surface area contributed by atoms with Crippen LogP contribution in [0, 0.1) is 5.92 Å². The van der Waals surface area contributed by atoms with E-state index in [1.54, 1.807) is 0 Å². The highest BCUT2D eigenvalue weighted by Gasteiger charge is 2.30. The Bertz CT molecular complexity index is 165. The number of ether oxygens (including phenoxy) is 1. The molecule has 0 aromatic carbocycles. The van der Waals surface area contributed by atoms with Crippen LogP contribution in [0.3, 0.4) is 0 Å². The van der Waals surface area contributed by atoms with Gasteiger partial charge in [-0.15, -0.1) is 0 Å². The Morgan fingerprint density at radius 1 is 1.60 bits per heavy atom. The number of hydrogen-bond donors (Lipinski definition) is 0. The van der Waals surface area contributed by atoms with Gasteiger partial charge in [-0.05, 0) is 25.7 Å². The summed E-state index contributed by atoms with van der Waals surface area (Å²) in [5.74, 6) is 0.789. The molecule has 0 aliphatic carbocycles. The molecule has 0 amide bonds. The highest BCUT2D eigenvalue weighted by atomic mass is 16.5. The summed E-state index contributed by atoms with van der Waals surface area (Å²) < 4.78 is 5.50. The Labute approximate surface area is 61.3 Å². The largest absolute Gasteiger partial charge is 0.376 e. The summed E-state index contributed by atoms with van der Waals surface area (Å²) in [6.07, 6.45) is 2.88. The highest BCUT2D eigenvalue weighted by Crippen LogP contribution is 2.27. The van der Waals surface area contributed by atoms with E-state index < -0.39 is 0 Å². The molecule has 2 heterocycles. The van der Waals surface area contributed by atoms with Gasteiger partial charge in [0.2, 0.25) is 0 Å². The Morgan fingerprint density at radius 3 is 3.40 bits per heavy atom. The first-order chi connectivity index (χ1) is 4.86. The molecule has 0 N–H and O–H groups in total. The first-order valence-corrected chi connectivity index (χ1v) is 3.98. The summed E-state index contributed by atoms with van der Waals surface area (Å²) in [7, 11) is 0. The molecular weight excluding hydrogens is 126 g/mol. The molecule has 10 heavy (non-hydrogen) atoms. The van der Waals surface area contributed by atoms with Gasteiger partial charge in [-0.3, -0.25) is 4.99 Å². The number of aliphatic imine (C=N–C) groups is 1. The molecule has 2 nitrogen and oxygen atoms in total. The van der Waals surface area contributed by atoms with E-state index in [1.807, 2.05) is 0 Å². The lowest BCUT2D eigenvalue weighted by Gasteiger charge is -2.21. The Kier molecular flexibility index (Phi) is 1.49. The fourth-order valence-electron chi connectivity index (χ4n) is 1.82. The minimum absolute atomic E-state index is 0.462. The Balaban J connectivity index is 2.08. The van der Waals surface area contributed by atoms with Crippen molar-refractivity contribution in [3.8, 4) is 0 Å². The standard InChI is InChI=1S/C8H13NO/c1-6-4-7-2-3-10-8(7)5-9-6/h7-8H,2-5H2,1H3. The predicted octanol–water partition coefficient (Wildman–Crippen LogP) is 1.26. The lowest BCUT2D eigenvalue weighted by Crippen LogP contribution is -2.26. The second-order valence-corrected chi connectivity index (χ2v) is 3.24. The average molecular weight is 139 g/mol. The van der Waals surface area contributed by atoms with Gasteiger partial charge in [-0.2, -0.15) is 0 Å². The van der Waals surface area contributed by atoms with Crippen LogP contribution in [0.15, 0.2) is 4.99 Å². The molecule has 0 saturated carbocycles. The van der Waals surface area contributed by atoms with E-state index in [2.05, 4.69) is 11.9 Å². The molecule has 0 bridgehead atoms. The van der Waals surface area contributed by atoms with Crippen molar-refractivity contribution < 1.29 is 4.74 Å². The van der Waals surface area contributed by atoms with E-state index in [1.165, 1.54) is 18.6 Å². The van der Waals surface area contributed by atoms with Crippen LogP contribution < -0.4 is 0 Å². The van der Waals surface area contributed by atoms with Crippen molar-refractivity contribution in [2.24, 2.45) is 10.9 Å². The van der Waals surface area contributed by atoms with Gasteiger partial charge in [0.1, 0.15) is 0 Å². The predicted molar refractivity (Wildman–Crippen MR) is 40.4 cm³/mol. The molecular formula is C8H13NO. The molecule has 2 aliphatic heterocycles. The summed E-state index contributed by atoms with van der Waals surface area (Å²) in [6.45, 7) is 3.99. The smallest absolute Gasteiger partial charge is 0.0802 e. The molecule has 2 rings (SSSR count). The number of nitrogens with zero attached hydrogens (tertiary/aromatic N) is 1. The normalized spacial score (nSPS) is 39.1. The van der Waals surface area contributed by atoms with Crippen LogP contribution >= 0.6 is 0 Å². The summed E-state index contributed by atoms with van der Waals surface area (Å²) in [5.41, 5.74) is 1.31. The fraction of sp³-hybridized carbons (Fsp3) is 0.875. The van der Waals surface area contributed by atoms with Gasteiger partial charge in [0, 0.05) is 12.3 Å². The van der Waals surface area contributed by atoms with Crippen LogP contribution in [-0.2, 0) is 4.74 Å². The maximum absolute atomic E-state index is 5.50. The summed E-state index contributed by atoms with van der Waals surface area (Å²) in [4.78, 5) is 4.36. The van der Waals surface area contributed by atoms with E-state index in [0.717, 1.165) is 19.1 Å². The number of rotatable bonds is 0. The minimum atomic E-state index is 0.462. The second-order valence-electron chi connectivity index (χ2n) is 3.24. The Morgan fingerprint density at radius 2 is 2.50 bits per heavy atom. The van der Waals surface area contributed by atoms with Crippen LogP contribution in [0.25, 0.3) is 0 Å². The summed E-state index contributed by atoms with van der Waals surface area (Å²) in [5, 5.41) is 0. The van der Waals surface area contributed by atoms with Crippen molar-refractivity contribution >= 4 is 5.71 Å². The topological polar surface area (TPSA) is 21.6 Å². The van der Waals surface area contributed by atoms with Crippen LogP contribution in [0.4, 0.5) is 0 Å².